The maximum Gasteiger partial charge on any atom is 0.339 e. The normalized spacial score (nSPS) is 14.1. The maximum absolute atomic E-state index is 13.3. The fraction of sp³-hybridized carbons (Fsp3) is 0.179. The molecule has 5 nitrogen and oxygen atoms in total. The highest BCUT2D eigenvalue weighted by Gasteiger charge is 2.26. The fourth-order valence-electron chi connectivity index (χ4n) is 4.36. The highest BCUT2D eigenvalue weighted by molar-refractivity contribution is 7.10. The number of amides is 1. The van der Waals surface area contributed by atoms with Gasteiger partial charge in [0.1, 0.15) is 0 Å². The molecule has 0 fully saturated rings. The van der Waals surface area contributed by atoms with E-state index in [0.717, 1.165) is 57.4 Å². The van der Waals surface area contributed by atoms with Crippen molar-refractivity contribution in [2.75, 3.05) is 11.9 Å². The largest absolute Gasteiger partial charge is 0.452 e. The summed E-state index contributed by atoms with van der Waals surface area (Å²) in [5.74, 6) is -0.861. The van der Waals surface area contributed by atoms with Crippen LogP contribution in [0.25, 0.3) is 22.6 Å². The van der Waals surface area contributed by atoms with Crippen LogP contribution in [-0.4, -0.2) is 23.5 Å². The number of nitrogens with zero attached hydrogens (tertiary/aromatic N) is 1. The van der Waals surface area contributed by atoms with E-state index >= 15 is 0 Å². The lowest BCUT2D eigenvalue weighted by Gasteiger charge is -2.22. The monoisotopic (exact) mass is 468 g/mol. The van der Waals surface area contributed by atoms with Crippen molar-refractivity contribution in [3.63, 3.8) is 0 Å². The van der Waals surface area contributed by atoms with E-state index in [1.54, 1.807) is 11.3 Å². The van der Waals surface area contributed by atoms with Gasteiger partial charge in [0.05, 0.1) is 16.8 Å². The van der Waals surface area contributed by atoms with Gasteiger partial charge in [0.15, 0.2) is 6.61 Å². The molecule has 1 amide bonds. The number of allylic oxidation sites excluding steroid dienone is 1. The Morgan fingerprint density at radius 2 is 1.88 bits per heavy atom. The van der Waals surface area contributed by atoms with E-state index in [-0.39, 0.29) is 12.5 Å². The molecule has 2 heterocycles. The third-order valence-electron chi connectivity index (χ3n) is 5.99. The summed E-state index contributed by atoms with van der Waals surface area (Å²) in [6, 6.07) is 19.2. The number of fused-ring (bicyclic) bond motifs is 2. The van der Waals surface area contributed by atoms with Crippen molar-refractivity contribution in [1.82, 2.24) is 4.98 Å². The average Bonchev–Trinajstić information content (AvgIpc) is 3.36. The number of nitrogens with one attached hydrogen (secondary N) is 1. The minimum atomic E-state index is -0.493. The predicted octanol–water partition coefficient (Wildman–Crippen LogP) is 6.28. The van der Waals surface area contributed by atoms with Crippen LogP contribution in [0.3, 0.4) is 0 Å². The molecule has 1 N–H and O–H groups in total. The lowest BCUT2D eigenvalue weighted by molar-refractivity contribution is -0.119. The minimum Gasteiger partial charge on any atom is -0.452 e. The van der Waals surface area contributed by atoms with Crippen molar-refractivity contribution in [2.24, 2.45) is 0 Å². The van der Waals surface area contributed by atoms with E-state index in [1.807, 2.05) is 61.5 Å². The van der Waals surface area contributed by atoms with Crippen LogP contribution in [0, 0.1) is 6.92 Å². The van der Waals surface area contributed by atoms with Gasteiger partial charge in [-0.05, 0) is 72.5 Å². The fourth-order valence-corrected chi connectivity index (χ4v) is 5.04. The van der Waals surface area contributed by atoms with Crippen LogP contribution in [0.15, 0.2) is 66.0 Å². The van der Waals surface area contributed by atoms with Crippen LogP contribution < -0.4 is 5.32 Å². The van der Waals surface area contributed by atoms with Gasteiger partial charge in [-0.25, -0.2) is 9.78 Å². The predicted molar refractivity (Wildman–Crippen MR) is 137 cm³/mol. The molecular formula is C28H24N2O3S. The summed E-state index contributed by atoms with van der Waals surface area (Å²) in [5, 5.41) is 5.61. The van der Waals surface area contributed by atoms with Gasteiger partial charge in [-0.1, -0.05) is 42.5 Å². The van der Waals surface area contributed by atoms with Crippen LogP contribution in [0.1, 0.15) is 44.9 Å². The summed E-state index contributed by atoms with van der Waals surface area (Å²) in [5.41, 5.74) is 5.80. The number of ether oxygens (including phenoxy) is 1. The van der Waals surface area contributed by atoms with Crippen molar-refractivity contribution < 1.29 is 14.3 Å². The third-order valence-corrected chi connectivity index (χ3v) is 6.81. The number of pyridine rings is 1. The van der Waals surface area contributed by atoms with Crippen LogP contribution in [-0.2, 0) is 16.0 Å². The van der Waals surface area contributed by atoms with Gasteiger partial charge in [0.25, 0.3) is 5.91 Å². The Morgan fingerprint density at radius 1 is 1.06 bits per heavy atom. The molecule has 0 unspecified atom stereocenters. The molecule has 170 valence electrons. The minimum absolute atomic E-state index is 0.351. The van der Waals surface area contributed by atoms with E-state index in [2.05, 4.69) is 22.8 Å². The molecule has 1 aliphatic carbocycles. The summed E-state index contributed by atoms with van der Waals surface area (Å²) >= 11 is 1.68. The first-order valence-corrected chi connectivity index (χ1v) is 12.2. The second-order valence-corrected chi connectivity index (χ2v) is 9.29. The molecule has 2 aromatic heterocycles. The molecule has 34 heavy (non-hydrogen) atoms. The lowest BCUT2D eigenvalue weighted by atomic mass is 9.86. The van der Waals surface area contributed by atoms with Gasteiger partial charge in [-0.3, -0.25) is 4.79 Å². The van der Waals surface area contributed by atoms with Crippen molar-refractivity contribution in [3.8, 4) is 0 Å². The number of carbonyl (C=O) groups excluding carboxylic acids is 2. The molecule has 5 rings (SSSR count). The first-order chi connectivity index (χ1) is 16.6. The van der Waals surface area contributed by atoms with Crippen molar-refractivity contribution in [3.05, 3.63) is 93.3 Å². The Hall–Kier alpha value is -3.77. The van der Waals surface area contributed by atoms with Crippen LogP contribution >= 0.6 is 11.3 Å². The van der Waals surface area contributed by atoms with E-state index in [1.165, 1.54) is 0 Å². The number of carbonyl (C=O) groups is 2. The van der Waals surface area contributed by atoms with E-state index in [4.69, 9.17) is 9.72 Å². The van der Waals surface area contributed by atoms with Gasteiger partial charge in [0, 0.05) is 16.0 Å². The molecule has 0 aliphatic heterocycles. The standard InChI is InChI=1S/C28H24N2O3S/c1-18-8-2-4-13-23(18)29-25(31)17-33-28(32)26-21-11-3-5-14-24(21)30-27-19(9-6-12-22(26)27)16-20-10-7-15-34-20/h2-5,7-8,10-11,13-16H,6,9,12,17H2,1H3,(H,29,31)/b19-16+. The zero-order valence-electron chi connectivity index (χ0n) is 18.8. The zero-order valence-corrected chi connectivity index (χ0v) is 19.7. The first kappa shape index (κ1) is 22.0. The maximum atomic E-state index is 13.3. The summed E-state index contributed by atoms with van der Waals surface area (Å²) in [6.07, 6.45) is 4.74. The summed E-state index contributed by atoms with van der Waals surface area (Å²) in [7, 11) is 0. The number of benzene rings is 2. The Balaban J connectivity index is 1.46. The Bertz CT molecular complexity index is 1410. The van der Waals surface area contributed by atoms with Crippen LogP contribution in [0.2, 0.25) is 0 Å². The van der Waals surface area contributed by atoms with E-state index in [9.17, 15) is 9.59 Å². The second kappa shape index (κ2) is 9.61. The van der Waals surface area contributed by atoms with Gasteiger partial charge in [0.2, 0.25) is 0 Å². The quantitative estimate of drug-likeness (QED) is 0.350. The molecule has 1 aliphatic rings. The Morgan fingerprint density at radius 3 is 2.71 bits per heavy atom. The molecule has 0 spiro atoms. The third kappa shape index (κ3) is 4.50. The van der Waals surface area contributed by atoms with E-state index in [0.29, 0.717) is 11.3 Å². The number of aromatic nitrogens is 1. The number of hydrogen-bond donors (Lipinski definition) is 1. The summed E-state index contributed by atoms with van der Waals surface area (Å²) in [6.45, 7) is 1.56. The van der Waals surface area contributed by atoms with Crippen LogP contribution in [0.4, 0.5) is 5.69 Å². The van der Waals surface area contributed by atoms with Gasteiger partial charge < -0.3 is 10.1 Å². The van der Waals surface area contributed by atoms with Gasteiger partial charge in [-0.2, -0.15) is 0 Å². The molecular weight excluding hydrogens is 444 g/mol. The Labute approximate surface area is 202 Å². The number of thiophene rings is 1. The molecule has 0 atom stereocenters. The number of esters is 1. The molecule has 0 radical (unpaired) electrons. The molecule has 0 bridgehead atoms. The topological polar surface area (TPSA) is 68.3 Å². The second-order valence-electron chi connectivity index (χ2n) is 8.31. The molecule has 6 heteroatoms. The number of rotatable bonds is 5. The van der Waals surface area contributed by atoms with Crippen molar-refractivity contribution >= 4 is 51.5 Å². The summed E-state index contributed by atoms with van der Waals surface area (Å²) < 4.78 is 5.52. The molecule has 2 aromatic carbocycles. The van der Waals surface area contributed by atoms with Crippen LogP contribution in [0.5, 0.6) is 0 Å². The zero-order chi connectivity index (χ0) is 23.5. The lowest BCUT2D eigenvalue weighted by Crippen LogP contribution is -2.23. The molecule has 0 saturated carbocycles. The smallest absolute Gasteiger partial charge is 0.339 e. The number of anilines is 1. The van der Waals surface area contributed by atoms with E-state index < -0.39 is 5.97 Å². The highest BCUT2D eigenvalue weighted by Crippen LogP contribution is 2.36. The summed E-state index contributed by atoms with van der Waals surface area (Å²) in [4.78, 5) is 31.9. The number of aryl methyl sites for hydroxylation is 1. The molecule has 0 saturated heterocycles. The van der Waals surface area contributed by atoms with Crippen molar-refractivity contribution in [1.29, 1.82) is 0 Å². The van der Waals surface area contributed by atoms with Gasteiger partial charge in [-0.15, -0.1) is 11.3 Å². The number of hydrogen-bond acceptors (Lipinski definition) is 5. The number of para-hydroxylation sites is 2. The SMILES string of the molecule is Cc1ccccc1NC(=O)COC(=O)c1c2c(nc3ccccc13)/C(=C/c1cccs1)CCC2. The van der Waals surface area contributed by atoms with Crippen molar-refractivity contribution in [2.45, 2.75) is 26.2 Å². The first-order valence-electron chi connectivity index (χ1n) is 11.3. The average molecular weight is 469 g/mol. The molecule has 4 aromatic rings. The highest BCUT2D eigenvalue weighted by atomic mass is 32.1. The van der Waals surface area contributed by atoms with Gasteiger partial charge >= 0.3 is 5.97 Å². The Kier molecular flexibility index (Phi) is 6.23.